The van der Waals surface area contributed by atoms with Crippen LogP contribution in [0.3, 0.4) is 0 Å². The van der Waals surface area contributed by atoms with E-state index in [2.05, 4.69) is 93.8 Å². The third-order valence-electron chi connectivity index (χ3n) is 8.20. The van der Waals surface area contributed by atoms with Crippen LogP contribution in [0.1, 0.15) is 0 Å². The summed E-state index contributed by atoms with van der Waals surface area (Å²) in [5.74, 6) is 1.80. The first-order valence-electron chi connectivity index (χ1n) is 15.7. The van der Waals surface area contributed by atoms with E-state index in [1.807, 2.05) is 73.2 Å². The van der Waals surface area contributed by atoms with E-state index in [1.165, 1.54) is 0 Å². The molecule has 48 heavy (non-hydrogen) atoms. The van der Waals surface area contributed by atoms with E-state index >= 15 is 0 Å². The van der Waals surface area contributed by atoms with Crippen LogP contribution in [0.5, 0.6) is 0 Å². The van der Waals surface area contributed by atoms with Crippen molar-refractivity contribution in [1.82, 2.24) is 29.9 Å². The largest absolute Gasteiger partial charge is 0.264 e. The highest BCUT2D eigenvalue weighted by Gasteiger charge is 2.14. The fourth-order valence-electron chi connectivity index (χ4n) is 5.73. The van der Waals surface area contributed by atoms with Gasteiger partial charge in [-0.2, -0.15) is 0 Å². The van der Waals surface area contributed by atoms with Gasteiger partial charge in [-0.15, -0.1) is 0 Å². The summed E-state index contributed by atoms with van der Waals surface area (Å²) < 4.78 is 0. The number of benzene rings is 4. The van der Waals surface area contributed by atoms with E-state index in [0.29, 0.717) is 17.5 Å². The average molecular weight is 617 g/mol. The molecule has 6 heteroatoms. The van der Waals surface area contributed by atoms with Crippen LogP contribution >= 0.6 is 0 Å². The number of hydrogen-bond donors (Lipinski definition) is 0. The molecule has 0 spiro atoms. The number of nitrogens with zero attached hydrogens (tertiary/aromatic N) is 6. The van der Waals surface area contributed by atoms with Crippen molar-refractivity contribution in [3.63, 3.8) is 0 Å². The molecule has 4 aromatic heterocycles. The van der Waals surface area contributed by atoms with E-state index in [9.17, 15) is 0 Å². The van der Waals surface area contributed by atoms with E-state index in [-0.39, 0.29) is 0 Å². The first-order chi connectivity index (χ1) is 23.8. The molecule has 0 bridgehead atoms. The molecule has 226 valence electrons. The molecule has 8 aromatic rings. The highest BCUT2D eigenvalue weighted by atomic mass is 15.0. The lowest BCUT2D eigenvalue weighted by atomic mass is 9.99. The molecule has 0 saturated heterocycles. The summed E-state index contributed by atoms with van der Waals surface area (Å²) in [7, 11) is 0. The monoisotopic (exact) mass is 616 g/mol. The van der Waals surface area contributed by atoms with E-state index in [0.717, 1.165) is 61.2 Å². The number of hydrogen-bond acceptors (Lipinski definition) is 6. The molecule has 4 heterocycles. The Labute approximate surface area is 278 Å². The van der Waals surface area contributed by atoms with Gasteiger partial charge in [0.1, 0.15) is 0 Å². The molecule has 0 aliphatic heterocycles. The Morgan fingerprint density at radius 1 is 0.250 bits per heavy atom. The molecule has 0 saturated carbocycles. The average Bonchev–Trinajstić information content (AvgIpc) is 3.19. The molecule has 0 atom stereocenters. The van der Waals surface area contributed by atoms with E-state index in [4.69, 9.17) is 15.0 Å². The summed E-state index contributed by atoms with van der Waals surface area (Å²) in [6.07, 6.45) is 11.0. The van der Waals surface area contributed by atoms with Crippen LogP contribution in [0.2, 0.25) is 0 Å². The van der Waals surface area contributed by atoms with Gasteiger partial charge in [-0.25, -0.2) is 15.0 Å². The van der Waals surface area contributed by atoms with Crippen LogP contribution in [-0.2, 0) is 0 Å². The molecular weight excluding hydrogens is 589 g/mol. The zero-order valence-electron chi connectivity index (χ0n) is 25.8. The predicted molar refractivity (Wildman–Crippen MR) is 191 cm³/mol. The van der Waals surface area contributed by atoms with Gasteiger partial charge in [0.05, 0.1) is 0 Å². The van der Waals surface area contributed by atoms with Gasteiger partial charge in [-0.3, -0.25) is 15.0 Å². The molecule has 0 aliphatic rings. The summed E-state index contributed by atoms with van der Waals surface area (Å²) in [6.45, 7) is 0. The predicted octanol–water partition coefficient (Wildman–Crippen LogP) is 9.73. The molecule has 0 N–H and O–H groups in total. The minimum Gasteiger partial charge on any atom is -0.264 e. The van der Waals surface area contributed by atoms with Gasteiger partial charge in [0.2, 0.25) is 0 Å². The second-order valence-corrected chi connectivity index (χ2v) is 11.4. The maximum atomic E-state index is 5.02. The normalized spacial score (nSPS) is 10.9. The summed E-state index contributed by atoms with van der Waals surface area (Å²) in [4.78, 5) is 27.9. The lowest BCUT2D eigenvalue weighted by molar-refractivity contribution is 1.07. The van der Waals surface area contributed by atoms with Crippen LogP contribution in [-0.4, -0.2) is 29.9 Å². The topological polar surface area (TPSA) is 77.3 Å². The minimum atomic E-state index is 0.598. The Balaban J connectivity index is 1.21. The van der Waals surface area contributed by atoms with Crippen molar-refractivity contribution in [2.75, 3.05) is 0 Å². The second-order valence-electron chi connectivity index (χ2n) is 11.4. The number of pyridine rings is 3. The van der Waals surface area contributed by atoms with Crippen molar-refractivity contribution in [1.29, 1.82) is 0 Å². The summed E-state index contributed by atoms with van der Waals surface area (Å²) in [5, 5.41) is 0. The first-order valence-corrected chi connectivity index (χ1v) is 15.7. The van der Waals surface area contributed by atoms with Crippen molar-refractivity contribution >= 4 is 0 Å². The molecule has 0 aliphatic carbocycles. The molecule has 0 radical (unpaired) electrons. The summed E-state index contributed by atoms with van der Waals surface area (Å²) in [6, 6.07) is 45.4. The lowest BCUT2D eigenvalue weighted by Crippen LogP contribution is -2.00. The van der Waals surface area contributed by atoms with Crippen molar-refractivity contribution in [3.05, 3.63) is 171 Å². The van der Waals surface area contributed by atoms with Crippen LogP contribution in [0.25, 0.3) is 78.7 Å². The number of aromatic nitrogens is 6. The van der Waals surface area contributed by atoms with Crippen LogP contribution in [0, 0.1) is 0 Å². The molecule has 0 amide bonds. The molecule has 0 unspecified atom stereocenters. The SMILES string of the molecule is c1cncc(-c2cccc(-c3ccc(-c4nc(-c5cccc(-c6cccnc6)c5)nc(-c5cccc(-c6cccnc6)c5)n4)cc3)c2)c1. The van der Waals surface area contributed by atoms with Gasteiger partial charge >= 0.3 is 0 Å². The maximum Gasteiger partial charge on any atom is 0.164 e. The van der Waals surface area contributed by atoms with Gasteiger partial charge in [0, 0.05) is 70.6 Å². The molecule has 4 aromatic carbocycles. The smallest absolute Gasteiger partial charge is 0.164 e. The van der Waals surface area contributed by atoms with Crippen molar-refractivity contribution in [2.24, 2.45) is 0 Å². The van der Waals surface area contributed by atoms with E-state index < -0.39 is 0 Å². The van der Waals surface area contributed by atoms with Crippen molar-refractivity contribution in [2.45, 2.75) is 0 Å². The Morgan fingerprint density at radius 2 is 0.562 bits per heavy atom. The Kier molecular flexibility index (Phi) is 7.79. The Morgan fingerprint density at radius 3 is 0.958 bits per heavy atom. The van der Waals surface area contributed by atoms with Crippen molar-refractivity contribution in [3.8, 4) is 78.7 Å². The Hall–Kier alpha value is -6.66. The maximum absolute atomic E-state index is 5.02. The first kappa shape index (κ1) is 28.8. The fraction of sp³-hybridized carbons (Fsp3) is 0. The molecule has 0 fully saturated rings. The van der Waals surface area contributed by atoms with Gasteiger partial charge in [0.25, 0.3) is 0 Å². The van der Waals surface area contributed by atoms with Gasteiger partial charge in [-0.05, 0) is 64.2 Å². The minimum absolute atomic E-state index is 0.598. The standard InChI is InChI=1S/C42H28N6/c1-7-31(23-32(8-1)37-13-4-20-43-26-37)29-16-18-30(19-17-29)40-46-41(35-11-2-9-33(24-35)38-14-5-21-44-27-38)48-42(47-40)36-12-3-10-34(25-36)39-15-6-22-45-28-39/h1-28H. The van der Waals surface area contributed by atoms with Gasteiger partial charge in [-0.1, -0.05) is 97.1 Å². The highest BCUT2D eigenvalue weighted by Crippen LogP contribution is 2.31. The third-order valence-corrected chi connectivity index (χ3v) is 8.20. The molecule has 6 nitrogen and oxygen atoms in total. The van der Waals surface area contributed by atoms with Crippen LogP contribution in [0.15, 0.2) is 171 Å². The quantitative estimate of drug-likeness (QED) is 0.177. The zero-order chi connectivity index (χ0) is 32.1. The molecular formula is C42H28N6. The third kappa shape index (κ3) is 6.10. The second kappa shape index (κ2) is 13.0. The summed E-state index contributed by atoms with van der Waals surface area (Å²) in [5.41, 5.74) is 11.3. The van der Waals surface area contributed by atoms with Gasteiger partial charge in [0.15, 0.2) is 17.5 Å². The lowest BCUT2D eigenvalue weighted by Gasteiger charge is -2.11. The van der Waals surface area contributed by atoms with Gasteiger partial charge < -0.3 is 0 Å². The zero-order valence-corrected chi connectivity index (χ0v) is 25.8. The highest BCUT2D eigenvalue weighted by molar-refractivity contribution is 5.76. The Bertz CT molecular complexity index is 2220. The van der Waals surface area contributed by atoms with E-state index in [1.54, 1.807) is 18.6 Å². The summed E-state index contributed by atoms with van der Waals surface area (Å²) >= 11 is 0. The molecule has 8 rings (SSSR count). The van der Waals surface area contributed by atoms with Crippen molar-refractivity contribution < 1.29 is 0 Å². The van der Waals surface area contributed by atoms with Crippen LogP contribution in [0.4, 0.5) is 0 Å². The fourth-order valence-corrected chi connectivity index (χ4v) is 5.73. The number of rotatable bonds is 7. The van der Waals surface area contributed by atoms with Crippen LogP contribution < -0.4 is 0 Å².